The van der Waals surface area contributed by atoms with Crippen LogP contribution in [0.3, 0.4) is 0 Å². The number of hydrogen-bond acceptors (Lipinski definition) is 4. The molecular formula is C14H15ClN4O3. The van der Waals surface area contributed by atoms with E-state index in [0.29, 0.717) is 22.2 Å². The van der Waals surface area contributed by atoms with Crippen molar-refractivity contribution in [1.29, 1.82) is 0 Å². The largest absolute Gasteiger partial charge is 0.454 e. The van der Waals surface area contributed by atoms with Crippen molar-refractivity contribution < 1.29 is 14.3 Å². The van der Waals surface area contributed by atoms with Gasteiger partial charge >= 0.3 is 6.03 Å². The Morgan fingerprint density at radius 1 is 1.41 bits per heavy atom. The van der Waals surface area contributed by atoms with Crippen LogP contribution in [0.5, 0.6) is 11.5 Å². The summed E-state index contributed by atoms with van der Waals surface area (Å²) in [4.78, 5) is 12.1. The van der Waals surface area contributed by atoms with Crippen molar-refractivity contribution >= 4 is 23.3 Å². The minimum absolute atomic E-state index is 0.152. The first-order valence-electron chi connectivity index (χ1n) is 6.68. The number of amides is 2. The van der Waals surface area contributed by atoms with Gasteiger partial charge in [0.1, 0.15) is 0 Å². The SMILES string of the molecule is CC(NC(=O)Nc1cc2c(cc1Cl)OCO2)c1cnn(C)c1. The Morgan fingerprint density at radius 3 is 2.82 bits per heavy atom. The Balaban J connectivity index is 1.67. The van der Waals surface area contributed by atoms with Gasteiger partial charge in [0, 0.05) is 30.9 Å². The van der Waals surface area contributed by atoms with Crippen LogP contribution in [0.2, 0.25) is 5.02 Å². The lowest BCUT2D eigenvalue weighted by Crippen LogP contribution is -2.31. The van der Waals surface area contributed by atoms with Crippen molar-refractivity contribution in [3.63, 3.8) is 0 Å². The Labute approximate surface area is 132 Å². The van der Waals surface area contributed by atoms with E-state index in [0.717, 1.165) is 5.56 Å². The first kappa shape index (κ1) is 14.5. The molecule has 0 aliphatic carbocycles. The van der Waals surface area contributed by atoms with Crippen LogP contribution in [-0.2, 0) is 7.05 Å². The number of carbonyl (C=O) groups is 1. The van der Waals surface area contributed by atoms with Crippen molar-refractivity contribution in [2.45, 2.75) is 13.0 Å². The van der Waals surface area contributed by atoms with Crippen LogP contribution in [0, 0.1) is 0 Å². The highest BCUT2D eigenvalue weighted by Crippen LogP contribution is 2.39. The molecule has 1 aromatic heterocycles. The van der Waals surface area contributed by atoms with Crippen molar-refractivity contribution in [3.05, 3.63) is 35.1 Å². The Hall–Kier alpha value is -2.41. The van der Waals surface area contributed by atoms with Gasteiger partial charge in [-0.1, -0.05) is 11.6 Å². The molecule has 0 saturated heterocycles. The maximum Gasteiger partial charge on any atom is 0.319 e. The molecule has 2 aromatic rings. The highest BCUT2D eigenvalue weighted by atomic mass is 35.5. The van der Waals surface area contributed by atoms with E-state index in [1.165, 1.54) is 0 Å². The van der Waals surface area contributed by atoms with E-state index in [2.05, 4.69) is 15.7 Å². The second-order valence-corrected chi connectivity index (χ2v) is 5.36. The minimum Gasteiger partial charge on any atom is -0.454 e. The molecule has 116 valence electrons. The van der Waals surface area contributed by atoms with Gasteiger partial charge in [-0.05, 0) is 6.92 Å². The molecule has 0 spiro atoms. The van der Waals surface area contributed by atoms with E-state index in [1.54, 1.807) is 23.0 Å². The lowest BCUT2D eigenvalue weighted by Gasteiger charge is -2.14. The molecule has 0 radical (unpaired) electrons. The fraction of sp³-hybridized carbons (Fsp3) is 0.286. The molecule has 8 heteroatoms. The Kier molecular flexibility index (Phi) is 3.81. The Bertz CT molecular complexity index is 716. The zero-order chi connectivity index (χ0) is 15.7. The number of ether oxygens (including phenoxy) is 2. The van der Waals surface area contributed by atoms with E-state index in [-0.39, 0.29) is 18.9 Å². The predicted molar refractivity (Wildman–Crippen MR) is 81.4 cm³/mol. The van der Waals surface area contributed by atoms with Crippen LogP contribution in [0.4, 0.5) is 10.5 Å². The molecule has 0 bridgehead atoms. The summed E-state index contributed by atoms with van der Waals surface area (Å²) < 4.78 is 12.2. The van der Waals surface area contributed by atoms with Crippen LogP contribution in [0.15, 0.2) is 24.5 Å². The van der Waals surface area contributed by atoms with Gasteiger partial charge in [0.2, 0.25) is 6.79 Å². The van der Waals surface area contributed by atoms with Crippen molar-refractivity contribution in [3.8, 4) is 11.5 Å². The van der Waals surface area contributed by atoms with Crippen molar-refractivity contribution in [2.24, 2.45) is 7.05 Å². The number of rotatable bonds is 3. The number of urea groups is 1. The molecule has 1 aromatic carbocycles. The fourth-order valence-electron chi connectivity index (χ4n) is 2.12. The molecule has 0 fully saturated rings. The highest BCUT2D eigenvalue weighted by Gasteiger charge is 2.18. The predicted octanol–water partition coefficient (Wildman–Crippen LogP) is 2.68. The van der Waals surface area contributed by atoms with Gasteiger partial charge in [0.05, 0.1) is 22.9 Å². The number of nitrogens with one attached hydrogen (secondary N) is 2. The number of fused-ring (bicyclic) bond motifs is 1. The average molecular weight is 323 g/mol. The van der Waals surface area contributed by atoms with Gasteiger partial charge in [0.15, 0.2) is 11.5 Å². The summed E-state index contributed by atoms with van der Waals surface area (Å²) in [5.41, 5.74) is 1.37. The smallest absolute Gasteiger partial charge is 0.319 e. The third kappa shape index (κ3) is 2.94. The first-order chi connectivity index (χ1) is 10.5. The topological polar surface area (TPSA) is 77.4 Å². The summed E-state index contributed by atoms with van der Waals surface area (Å²) in [6.45, 7) is 2.02. The molecular weight excluding hydrogens is 308 g/mol. The van der Waals surface area contributed by atoms with Gasteiger partial charge in [-0.3, -0.25) is 4.68 Å². The average Bonchev–Trinajstić information content (AvgIpc) is 3.07. The molecule has 1 aliphatic rings. The first-order valence-corrected chi connectivity index (χ1v) is 7.06. The summed E-state index contributed by atoms with van der Waals surface area (Å²) in [7, 11) is 1.82. The molecule has 7 nitrogen and oxygen atoms in total. The van der Waals surface area contributed by atoms with E-state index < -0.39 is 0 Å². The maximum atomic E-state index is 12.1. The number of carbonyl (C=O) groups excluding carboxylic acids is 1. The van der Waals surface area contributed by atoms with E-state index in [1.807, 2.05) is 20.2 Å². The molecule has 2 heterocycles. The van der Waals surface area contributed by atoms with E-state index >= 15 is 0 Å². The number of halogens is 1. The second kappa shape index (κ2) is 5.76. The number of aryl methyl sites for hydroxylation is 1. The fourth-order valence-corrected chi connectivity index (χ4v) is 2.32. The number of hydrogen-bond donors (Lipinski definition) is 2. The number of anilines is 1. The molecule has 1 atom stereocenters. The zero-order valence-corrected chi connectivity index (χ0v) is 12.8. The second-order valence-electron chi connectivity index (χ2n) is 4.95. The summed E-state index contributed by atoms with van der Waals surface area (Å²) in [6.07, 6.45) is 3.55. The molecule has 3 rings (SSSR count). The highest BCUT2D eigenvalue weighted by molar-refractivity contribution is 6.34. The molecule has 0 saturated carbocycles. The van der Waals surface area contributed by atoms with E-state index in [9.17, 15) is 4.79 Å². The third-order valence-corrected chi connectivity index (χ3v) is 3.60. The molecule has 2 amide bonds. The van der Waals surface area contributed by atoms with Crippen LogP contribution in [0.25, 0.3) is 0 Å². The standard InChI is InChI=1S/C14H15ClN4O3/c1-8(9-5-16-19(2)6-9)17-14(20)18-11-4-13-12(3-10(11)15)21-7-22-13/h3-6,8H,7H2,1-2H3,(H2,17,18,20). The van der Waals surface area contributed by atoms with Gasteiger partial charge in [-0.25, -0.2) is 4.79 Å². The molecule has 1 unspecified atom stereocenters. The molecule has 1 aliphatic heterocycles. The Morgan fingerprint density at radius 2 is 2.14 bits per heavy atom. The number of nitrogens with zero attached hydrogens (tertiary/aromatic N) is 2. The van der Waals surface area contributed by atoms with Gasteiger partial charge in [0.25, 0.3) is 0 Å². The van der Waals surface area contributed by atoms with Crippen LogP contribution in [-0.4, -0.2) is 22.6 Å². The lowest BCUT2D eigenvalue weighted by atomic mass is 10.2. The van der Waals surface area contributed by atoms with Crippen LogP contribution >= 0.6 is 11.6 Å². The molecule has 2 N–H and O–H groups in total. The summed E-state index contributed by atoms with van der Waals surface area (Å²) in [5, 5.41) is 9.98. The number of benzene rings is 1. The third-order valence-electron chi connectivity index (χ3n) is 3.28. The van der Waals surface area contributed by atoms with Gasteiger partial charge in [-0.2, -0.15) is 5.10 Å². The van der Waals surface area contributed by atoms with Crippen LogP contribution < -0.4 is 20.1 Å². The summed E-state index contributed by atoms with van der Waals surface area (Å²) in [5.74, 6) is 1.12. The number of aromatic nitrogens is 2. The monoisotopic (exact) mass is 322 g/mol. The quantitative estimate of drug-likeness (QED) is 0.910. The zero-order valence-electron chi connectivity index (χ0n) is 12.1. The molecule has 22 heavy (non-hydrogen) atoms. The normalized spacial score (nSPS) is 13.8. The van der Waals surface area contributed by atoms with Crippen molar-refractivity contribution in [2.75, 3.05) is 12.1 Å². The maximum absolute atomic E-state index is 12.1. The van der Waals surface area contributed by atoms with Gasteiger partial charge < -0.3 is 20.1 Å². The van der Waals surface area contributed by atoms with E-state index in [4.69, 9.17) is 21.1 Å². The lowest BCUT2D eigenvalue weighted by molar-refractivity contribution is 0.174. The van der Waals surface area contributed by atoms with Crippen LogP contribution in [0.1, 0.15) is 18.5 Å². The summed E-state index contributed by atoms with van der Waals surface area (Å²) >= 11 is 6.12. The van der Waals surface area contributed by atoms with Gasteiger partial charge in [-0.15, -0.1) is 0 Å². The minimum atomic E-state index is -0.364. The summed E-state index contributed by atoms with van der Waals surface area (Å²) in [6, 6.07) is 2.71. The van der Waals surface area contributed by atoms with Crippen molar-refractivity contribution in [1.82, 2.24) is 15.1 Å².